The number of hydrogen-bond acceptors (Lipinski definition) is 4. The van der Waals surface area contributed by atoms with Gasteiger partial charge in [-0.15, -0.1) is 0 Å². The summed E-state index contributed by atoms with van der Waals surface area (Å²) in [5.41, 5.74) is -0.244. The van der Waals surface area contributed by atoms with Crippen molar-refractivity contribution in [1.82, 2.24) is 5.32 Å². The molecule has 2 N–H and O–H groups in total. The van der Waals surface area contributed by atoms with Crippen LogP contribution >= 0.6 is 15.9 Å². The number of carbonyl (C=O) groups is 1. The number of benzene rings is 1. The summed E-state index contributed by atoms with van der Waals surface area (Å²) in [5, 5.41) is 22.2. The van der Waals surface area contributed by atoms with Crippen molar-refractivity contribution >= 4 is 27.5 Å². The summed E-state index contributed by atoms with van der Waals surface area (Å²) < 4.78 is 0.536. The fraction of sp³-hybridized carbons (Fsp3) is 0.364. The summed E-state index contributed by atoms with van der Waals surface area (Å²) in [6.45, 7) is 1.67. The van der Waals surface area contributed by atoms with E-state index in [4.69, 9.17) is 5.11 Å². The van der Waals surface area contributed by atoms with Gasteiger partial charge in [0.05, 0.1) is 4.92 Å². The van der Waals surface area contributed by atoms with E-state index in [1.807, 2.05) is 0 Å². The predicted molar refractivity (Wildman–Crippen MR) is 69.4 cm³/mol. The molecule has 0 aliphatic rings. The van der Waals surface area contributed by atoms with Crippen LogP contribution in [0.15, 0.2) is 22.7 Å². The minimum Gasteiger partial charge on any atom is -0.396 e. The van der Waals surface area contributed by atoms with Gasteiger partial charge in [-0.2, -0.15) is 0 Å². The Hall–Kier alpha value is -1.47. The molecular weight excluding hydrogens is 304 g/mol. The topological polar surface area (TPSA) is 92.5 Å². The molecule has 0 spiro atoms. The van der Waals surface area contributed by atoms with E-state index in [-0.39, 0.29) is 23.9 Å². The molecule has 1 aromatic rings. The van der Waals surface area contributed by atoms with Gasteiger partial charge in [0.25, 0.3) is 11.6 Å². The van der Waals surface area contributed by atoms with Crippen LogP contribution in [0.4, 0.5) is 5.69 Å². The molecule has 98 valence electrons. The molecule has 0 aliphatic heterocycles. The second kappa shape index (κ2) is 6.46. The number of halogens is 1. The van der Waals surface area contributed by atoms with E-state index in [1.165, 1.54) is 12.1 Å². The maximum atomic E-state index is 11.9. The molecule has 1 rings (SSSR count). The van der Waals surface area contributed by atoms with Gasteiger partial charge in [0.1, 0.15) is 5.56 Å². The number of hydrogen-bond donors (Lipinski definition) is 2. The van der Waals surface area contributed by atoms with Crippen molar-refractivity contribution in [2.75, 3.05) is 6.61 Å². The second-order valence-electron chi connectivity index (χ2n) is 3.81. The summed E-state index contributed by atoms with van der Waals surface area (Å²) in [6, 6.07) is 4.00. The van der Waals surface area contributed by atoms with E-state index >= 15 is 0 Å². The Kier molecular flexibility index (Phi) is 5.24. The van der Waals surface area contributed by atoms with Crippen LogP contribution < -0.4 is 5.32 Å². The highest BCUT2D eigenvalue weighted by Crippen LogP contribution is 2.23. The Balaban J connectivity index is 2.95. The molecule has 1 amide bonds. The van der Waals surface area contributed by atoms with E-state index in [0.29, 0.717) is 10.9 Å². The van der Waals surface area contributed by atoms with Crippen LogP contribution in [0, 0.1) is 10.1 Å². The number of nitro groups is 1. The van der Waals surface area contributed by atoms with E-state index in [1.54, 1.807) is 13.0 Å². The Morgan fingerprint density at radius 2 is 2.28 bits per heavy atom. The maximum Gasteiger partial charge on any atom is 0.283 e. The Bertz CT molecular complexity index is 464. The summed E-state index contributed by atoms with van der Waals surface area (Å²) in [6.07, 6.45) is 0.399. The first-order chi connectivity index (χ1) is 8.45. The van der Waals surface area contributed by atoms with E-state index in [2.05, 4.69) is 21.2 Å². The van der Waals surface area contributed by atoms with Gasteiger partial charge in [-0.25, -0.2) is 0 Å². The molecule has 1 atom stereocenters. The van der Waals surface area contributed by atoms with Gasteiger partial charge in [0.15, 0.2) is 0 Å². The average molecular weight is 317 g/mol. The highest BCUT2D eigenvalue weighted by atomic mass is 79.9. The average Bonchev–Trinajstić information content (AvgIpc) is 2.28. The molecule has 0 saturated carbocycles. The zero-order chi connectivity index (χ0) is 13.7. The van der Waals surface area contributed by atoms with Crippen LogP contribution in [0.5, 0.6) is 0 Å². The third-order valence-electron chi connectivity index (χ3n) is 2.34. The van der Waals surface area contributed by atoms with Gasteiger partial charge in [0, 0.05) is 23.2 Å². The molecule has 0 unspecified atom stereocenters. The van der Waals surface area contributed by atoms with Crippen molar-refractivity contribution in [3.8, 4) is 0 Å². The normalized spacial score (nSPS) is 11.9. The first kappa shape index (κ1) is 14.6. The number of nitro benzene ring substituents is 1. The van der Waals surface area contributed by atoms with Gasteiger partial charge < -0.3 is 10.4 Å². The van der Waals surface area contributed by atoms with Crippen molar-refractivity contribution in [2.24, 2.45) is 0 Å². The number of carbonyl (C=O) groups excluding carboxylic acids is 1. The van der Waals surface area contributed by atoms with Crippen molar-refractivity contribution in [3.05, 3.63) is 38.3 Å². The lowest BCUT2D eigenvalue weighted by Crippen LogP contribution is -2.33. The van der Waals surface area contributed by atoms with Gasteiger partial charge in [-0.3, -0.25) is 14.9 Å². The van der Waals surface area contributed by atoms with Crippen LogP contribution in [-0.2, 0) is 0 Å². The molecule has 0 aliphatic carbocycles. The third-order valence-corrected chi connectivity index (χ3v) is 2.83. The maximum absolute atomic E-state index is 11.9. The Morgan fingerprint density at radius 3 is 2.83 bits per heavy atom. The minimum atomic E-state index is -0.601. The molecule has 0 heterocycles. The standard InChI is InChI=1S/C11H13BrN2O4/c1-7(4-5-15)13-11(16)9-3-2-8(12)6-10(9)14(17)18/h2-3,6-7,15H,4-5H2,1H3,(H,13,16)/t7-/m1/s1. The summed E-state index contributed by atoms with van der Waals surface area (Å²) in [7, 11) is 0. The SMILES string of the molecule is C[C@H](CCO)NC(=O)c1ccc(Br)cc1[N+](=O)[O-]. The lowest BCUT2D eigenvalue weighted by Gasteiger charge is -2.12. The van der Waals surface area contributed by atoms with Crippen molar-refractivity contribution in [3.63, 3.8) is 0 Å². The van der Waals surface area contributed by atoms with Gasteiger partial charge in [-0.1, -0.05) is 15.9 Å². The first-order valence-electron chi connectivity index (χ1n) is 5.31. The molecule has 7 heteroatoms. The summed E-state index contributed by atoms with van der Waals surface area (Å²) in [5.74, 6) is -0.518. The monoisotopic (exact) mass is 316 g/mol. The van der Waals surface area contributed by atoms with Crippen molar-refractivity contribution in [2.45, 2.75) is 19.4 Å². The van der Waals surface area contributed by atoms with Gasteiger partial charge in [-0.05, 0) is 25.5 Å². The lowest BCUT2D eigenvalue weighted by atomic mass is 10.1. The van der Waals surface area contributed by atoms with Crippen LogP contribution in [0.25, 0.3) is 0 Å². The van der Waals surface area contributed by atoms with Gasteiger partial charge in [0.2, 0.25) is 0 Å². The Morgan fingerprint density at radius 1 is 1.61 bits per heavy atom. The fourth-order valence-corrected chi connectivity index (χ4v) is 1.76. The lowest BCUT2D eigenvalue weighted by molar-refractivity contribution is -0.385. The van der Waals surface area contributed by atoms with E-state index in [9.17, 15) is 14.9 Å². The van der Waals surface area contributed by atoms with Gasteiger partial charge >= 0.3 is 0 Å². The number of aliphatic hydroxyl groups is 1. The number of nitrogens with one attached hydrogen (secondary N) is 1. The summed E-state index contributed by atoms with van der Waals surface area (Å²) in [4.78, 5) is 22.1. The molecule has 0 radical (unpaired) electrons. The number of rotatable bonds is 5. The molecule has 0 fully saturated rings. The highest BCUT2D eigenvalue weighted by molar-refractivity contribution is 9.10. The quantitative estimate of drug-likeness (QED) is 0.640. The smallest absolute Gasteiger partial charge is 0.283 e. The van der Waals surface area contributed by atoms with Crippen molar-refractivity contribution in [1.29, 1.82) is 0 Å². The zero-order valence-corrected chi connectivity index (χ0v) is 11.3. The summed E-state index contributed by atoms with van der Waals surface area (Å²) >= 11 is 3.12. The number of aliphatic hydroxyl groups excluding tert-OH is 1. The zero-order valence-electron chi connectivity index (χ0n) is 9.72. The Labute approximate surface area is 112 Å². The number of nitrogens with zero attached hydrogens (tertiary/aromatic N) is 1. The third kappa shape index (κ3) is 3.78. The van der Waals surface area contributed by atoms with Crippen molar-refractivity contribution < 1.29 is 14.8 Å². The number of amides is 1. The second-order valence-corrected chi connectivity index (χ2v) is 4.72. The van der Waals surface area contributed by atoms with Crippen LogP contribution in [0.2, 0.25) is 0 Å². The first-order valence-corrected chi connectivity index (χ1v) is 6.10. The predicted octanol–water partition coefficient (Wildman–Crippen LogP) is 1.86. The van der Waals surface area contributed by atoms with Crippen LogP contribution in [-0.4, -0.2) is 28.6 Å². The fourth-order valence-electron chi connectivity index (χ4n) is 1.42. The molecule has 1 aromatic carbocycles. The highest BCUT2D eigenvalue weighted by Gasteiger charge is 2.21. The molecule has 0 bridgehead atoms. The molecule has 0 saturated heterocycles. The van der Waals surface area contributed by atoms with Crippen LogP contribution in [0.3, 0.4) is 0 Å². The minimum absolute atomic E-state index is 0.00740. The molecule has 18 heavy (non-hydrogen) atoms. The molecule has 0 aromatic heterocycles. The largest absolute Gasteiger partial charge is 0.396 e. The van der Waals surface area contributed by atoms with E-state index in [0.717, 1.165) is 0 Å². The van der Waals surface area contributed by atoms with Crippen LogP contribution in [0.1, 0.15) is 23.7 Å². The van der Waals surface area contributed by atoms with E-state index < -0.39 is 10.8 Å². The molecular formula is C11H13BrN2O4. The molecule has 6 nitrogen and oxygen atoms in total.